The van der Waals surface area contributed by atoms with Crippen LogP contribution in [0.25, 0.3) is 0 Å². The molecule has 1 aliphatic rings. The summed E-state index contributed by atoms with van der Waals surface area (Å²) in [5, 5.41) is 8.84. The second kappa shape index (κ2) is 8.40. The van der Waals surface area contributed by atoms with E-state index < -0.39 is 0 Å². The molecule has 0 bridgehead atoms. The minimum atomic E-state index is 0.724. The molecule has 0 amide bonds. The minimum absolute atomic E-state index is 0.724. The normalized spacial score (nSPS) is 20.5. The summed E-state index contributed by atoms with van der Waals surface area (Å²) in [4.78, 5) is 1.22. The van der Waals surface area contributed by atoms with Crippen LogP contribution in [0.1, 0.15) is 61.6 Å². The molecule has 1 aliphatic carbocycles. The van der Waals surface area contributed by atoms with E-state index in [4.69, 9.17) is 5.26 Å². The predicted molar refractivity (Wildman–Crippen MR) is 102 cm³/mol. The molecule has 2 aromatic rings. The van der Waals surface area contributed by atoms with E-state index in [0.717, 1.165) is 23.2 Å². The fourth-order valence-electron chi connectivity index (χ4n) is 3.58. The Bertz CT molecular complexity index is 673. The summed E-state index contributed by atoms with van der Waals surface area (Å²) in [6.45, 7) is 2.32. The van der Waals surface area contributed by atoms with Crippen LogP contribution in [0.2, 0.25) is 0 Å². The third kappa shape index (κ3) is 4.42. The number of thioether (sulfide) groups is 1. The lowest BCUT2D eigenvalue weighted by atomic mass is 9.78. The largest absolute Gasteiger partial charge is 0.192 e. The second-order valence-corrected chi connectivity index (χ2v) is 7.84. The number of rotatable bonds is 5. The second-order valence-electron chi connectivity index (χ2n) is 6.79. The lowest BCUT2D eigenvalue weighted by Gasteiger charge is -2.28. The predicted octanol–water partition coefficient (Wildman–Crippen LogP) is 6.53. The smallest absolute Gasteiger partial charge is 0.0991 e. The van der Waals surface area contributed by atoms with Gasteiger partial charge in [-0.2, -0.15) is 5.26 Å². The highest BCUT2D eigenvalue weighted by Gasteiger charge is 2.20. The van der Waals surface area contributed by atoms with Crippen LogP contribution in [-0.4, -0.2) is 0 Å². The molecule has 0 heterocycles. The minimum Gasteiger partial charge on any atom is -0.192 e. The zero-order valence-electron chi connectivity index (χ0n) is 14.4. The maximum absolute atomic E-state index is 8.84. The van der Waals surface area contributed by atoms with Crippen LogP contribution in [0, 0.1) is 17.2 Å². The molecule has 1 fully saturated rings. The van der Waals surface area contributed by atoms with E-state index in [-0.39, 0.29) is 0 Å². The quantitative estimate of drug-likeness (QED) is 0.580. The fourth-order valence-corrected chi connectivity index (χ4v) is 4.44. The summed E-state index contributed by atoms with van der Waals surface area (Å²) in [6, 6.07) is 19.3. The molecule has 2 aromatic carbocycles. The highest BCUT2D eigenvalue weighted by molar-refractivity contribution is 7.98. The van der Waals surface area contributed by atoms with Gasteiger partial charge in [0.05, 0.1) is 11.6 Å². The number of hydrogen-bond donors (Lipinski definition) is 0. The van der Waals surface area contributed by atoms with Crippen molar-refractivity contribution in [2.45, 2.75) is 55.6 Å². The lowest BCUT2D eigenvalue weighted by Crippen LogP contribution is -2.12. The van der Waals surface area contributed by atoms with Gasteiger partial charge in [-0.3, -0.25) is 0 Å². The SMILES string of the molecule is CC[C@H]1CC[C@H](c2ccc(CSc3ccc(C#N)cc3)cc2)CC1. The maximum Gasteiger partial charge on any atom is 0.0991 e. The van der Waals surface area contributed by atoms with Crippen LogP contribution in [0.4, 0.5) is 0 Å². The van der Waals surface area contributed by atoms with E-state index in [1.807, 2.05) is 36.0 Å². The Balaban J connectivity index is 1.53. The van der Waals surface area contributed by atoms with E-state index in [1.165, 1.54) is 48.1 Å². The van der Waals surface area contributed by atoms with Crippen molar-refractivity contribution in [3.63, 3.8) is 0 Å². The highest BCUT2D eigenvalue weighted by atomic mass is 32.2. The molecule has 0 saturated heterocycles. The highest BCUT2D eigenvalue weighted by Crippen LogP contribution is 2.37. The van der Waals surface area contributed by atoms with Crippen LogP contribution < -0.4 is 0 Å². The summed E-state index contributed by atoms with van der Waals surface area (Å²) in [7, 11) is 0. The molecule has 124 valence electrons. The Morgan fingerprint density at radius 2 is 1.62 bits per heavy atom. The van der Waals surface area contributed by atoms with Crippen LogP contribution in [0.5, 0.6) is 0 Å². The van der Waals surface area contributed by atoms with Crippen LogP contribution >= 0.6 is 11.8 Å². The summed E-state index contributed by atoms with van der Waals surface area (Å²) < 4.78 is 0. The van der Waals surface area contributed by atoms with E-state index in [9.17, 15) is 0 Å². The summed E-state index contributed by atoms with van der Waals surface area (Å²) in [5.41, 5.74) is 3.62. The first-order valence-electron chi connectivity index (χ1n) is 9.00. The third-order valence-corrected chi connectivity index (χ3v) is 6.35. The van der Waals surface area contributed by atoms with Gasteiger partial charge in [-0.15, -0.1) is 11.8 Å². The average Bonchev–Trinajstić information content (AvgIpc) is 2.67. The summed E-state index contributed by atoms with van der Waals surface area (Å²) >= 11 is 1.83. The summed E-state index contributed by atoms with van der Waals surface area (Å²) in [5.74, 6) is 2.71. The number of nitriles is 1. The zero-order chi connectivity index (χ0) is 16.8. The van der Waals surface area contributed by atoms with Crippen molar-refractivity contribution in [2.24, 2.45) is 5.92 Å². The first kappa shape index (κ1) is 17.1. The molecule has 0 aliphatic heterocycles. The van der Waals surface area contributed by atoms with Crippen molar-refractivity contribution in [2.75, 3.05) is 0 Å². The number of hydrogen-bond acceptors (Lipinski definition) is 2. The molecule has 1 saturated carbocycles. The van der Waals surface area contributed by atoms with E-state index >= 15 is 0 Å². The van der Waals surface area contributed by atoms with Gasteiger partial charge in [-0.05, 0) is 72.9 Å². The van der Waals surface area contributed by atoms with Gasteiger partial charge >= 0.3 is 0 Å². The molecule has 0 aromatic heterocycles. The van der Waals surface area contributed by atoms with Gasteiger partial charge in [-0.1, -0.05) is 37.6 Å². The topological polar surface area (TPSA) is 23.8 Å². The molecule has 3 rings (SSSR count). The van der Waals surface area contributed by atoms with Crippen molar-refractivity contribution in [3.8, 4) is 6.07 Å². The van der Waals surface area contributed by atoms with Gasteiger partial charge in [0.1, 0.15) is 0 Å². The molecule has 0 N–H and O–H groups in total. The molecule has 0 radical (unpaired) electrons. The Morgan fingerprint density at radius 3 is 2.21 bits per heavy atom. The van der Waals surface area contributed by atoms with E-state index in [0.29, 0.717) is 0 Å². The van der Waals surface area contributed by atoms with Crippen LogP contribution in [-0.2, 0) is 5.75 Å². The molecule has 2 heteroatoms. The van der Waals surface area contributed by atoms with E-state index in [2.05, 4.69) is 37.3 Å². The third-order valence-electron chi connectivity index (χ3n) is 5.26. The van der Waals surface area contributed by atoms with Gasteiger partial charge in [0.2, 0.25) is 0 Å². The lowest BCUT2D eigenvalue weighted by molar-refractivity contribution is 0.319. The Kier molecular flexibility index (Phi) is 5.99. The Labute approximate surface area is 150 Å². The zero-order valence-corrected chi connectivity index (χ0v) is 15.2. The monoisotopic (exact) mass is 335 g/mol. The van der Waals surface area contributed by atoms with Gasteiger partial charge in [-0.25, -0.2) is 0 Å². The molecular formula is C22H25NS. The molecule has 0 unspecified atom stereocenters. The molecule has 24 heavy (non-hydrogen) atoms. The number of nitrogens with zero attached hydrogens (tertiary/aromatic N) is 1. The van der Waals surface area contributed by atoms with Crippen molar-refractivity contribution in [1.29, 1.82) is 5.26 Å². The standard InChI is InChI=1S/C22H25NS/c1-2-17-3-9-20(10-4-17)21-11-5-19(6-12-21)16-24-22-13-7-18(15-23)8-14-22/h5-8,11-14,17,20H,2-4,9-10,16H2,1H3/t17-,20-. The first-order chi connectivity index (χ1) is 11.8. The Hall–Kier alpha value is -1.72. The molecule has 0 spiro atoms. The van der Waals surface area contributed by atoms with Gasteiger partial charge in [0, 0.05) is 10.6 Å². The fraction of sp³-hybridized carbons (Fsp3) is 0.409. The van der Waals surface area contributed by atoms with Crippen molar-refractivity contribution >= 4 is 11.8 Å². The first-order valence-corrected chi connectivity index (χ1v) is 9.99. The summed E-state index contributed by atoms with van der Waals surface area (Å²) in [6.07, 6.45) is 6.86. The van der Waals surface area contributed by atoms with Gasteiger partial charge in [0.15, 0.2) is 0 Å². The van der Waals surface area contributed by atoms with Crippen molar-refractivity contribution in [3.05, 3.63) is 65.2 Å². The van der Waals surface area contributed by atoms with Crippen molar-refractivity contribution in [1.82, 2.24) is 0 Å². The van der Waals surface area contributed by atoms with Gasteiger partial charge < -0.3 is 0 Å². The van der Waals surface area contributed by atoms with Crippen molar-refractivity contribution < 1.29 is 0 Å². The number of benzene rings is 2. The van der Waals surface area contributed by atoms with Crippen LogP contribution in [0.15, 0.2) is 53.4 Å². The molecular weight excluding hydrogens is 310 g/mol. The maximum atomic E-state index is 8.84. The molecule has 0 atom stereocenters. The van der Waals surface area contributed by atoms with Crippen LogP contribution in [0.3, 0.4) is 0 Å². The molecule has 1 nitrogen and oxygen atoms in total. The average molecular weight is 336 g/mol. The van der Waals surface area contributed by atoms with Gasteiger partial charge in [0.25, 0.3) is 0 Å². The van der Waals surface area contributed by atoms with E-state index in [1.54, 1.807) is 0 Å². The Morgan fingerprint density at radius 1 is 0.958 bits per heavy atom.